The van der Waals surface area contributed by atoms with Crippen LogP contribution in [0, 0.1) is 5.92 Å². The maximum atomic E-state index is 11.1. The predicted octanol–water partition coefficient (Wildman–Crippen LogP) is 1.10. The predicted molar refractivity (Wildman–Crippen MR) is 57.2 cm³/mol. The highest BCUT2D eigenvalue weighted by atomic mass is 16.3. The molecular formula is C10H22N2O2. The van der Waals surface area contributed by atoms with E-state index in [-0.39, 0.29) is 12.1 Å². The third-order valence-corrected chi connectivity index (χ3v) is 1.85. The van der Waals surface area contributed by atoms with Gasteiger partial charge in [-0.15, -0.1) is 0 Å². The van der Waals surface area contributed by atoms with E-state index in [1.54, 1.807) is 6.92 Å². The summed E-state index contributed by atoms with van der Waals surface area (Å²) in [6, 6.07) is -0.147. The summed E-state index contributed by atoms with van der Waals surface area (Å²) in [6.07, 6.45) is 1.23. The van der Waals surface area contributed by atoms with E-state index < -0.39 is 0 Å². The molecular weight excluding hydrogens is 180 g/mol. The number of aliphatic hydroxyl groups is 1. The molecule has 0 saturated carbocycles. The van der Waals surface area contributed by atoms with Crippen molar-refractivity contribution >= 4 is 6.03 Å². The van der Waals surface area contributed by atoms with Crippen molar-refractivity contribution in [2.45, 2.75) is 39.7 Å². The molecule has 4 nitrogen and oxygen atoms in total. The highest BCUT2D eigenvalue weighted by Crippen LogP contribution is 1.95. The van der Waals surface area contributed by atoms with Gasteiger partial charge in [-0.3, -0.25) is 0 Å². The standard InChI is InChI=1S/C10H22N2O2/c1-8(2)4-6-11-10(14)12-7-5-9(3)13/h8-9,13H,4-7H2,1-3H3,(H2,11,12,14). The largest absolute Gasteiger partial charge is 0.393 e. The second-order valence-corrected chi connectivity index (χ2v) is 4.00. The Morgan fingerprint density at radius 3 is 2.07 bits per heavy atom. The Bertz CT molecular complexity index is 142. The fraction of sp³-hybridized carbons (Fsp3) is 0.900. The molecule has 0 radical (unpaired) electrons. The van der Waals surface area contributed by atoms with Gasteiger partial charge in [-0.05, 0) is 25.7 Å². The van der Waals surface area contributed by atoms with Crippen LogP contribution in [0.2, 0.25) is 0 Å². The number of amides is 2. The Balaban J connectivity index is 3.28. The molecule has 0 heterocycles. The van der Waals surface area contributed by atoms with E-state index in [9.17, 15) is 4.79 Å². The minimum absolute atomic E-state index is 0.147. The summed E-state index contributed by atoms with van der Waals surface area (Å²) in [6.45, 7) is 7.17. The Hall–Kier alpha value is -0.770. The maximum absolute atomic E-state index is 11.1. The molecule has 0 aromatic heterocycles. The second kappa shape index (κ2) is 7.62. The first-order valence-electron chi connectivity index (χ1n) is 5.22. The second-order valence-electron chi connectivity index (χ2n) is 4.00. The van der Waals surface area contributed by atoms with Gasteiger partial charge in [-0.1, -0.05) is 13.8 Å². The Morgan fingerprint density at radius 2 is 1.64 bits per heavy atom. The van der Waals surface area contributed by atoms with E-state index in [0.717, 1.165) is 6.42 Å². The van der Waals surface area contributed by atoms with E-state index in [4.69, 9.17) is 5.11 Å². The average Bonchev–Trinajstić information content (AvgIpc) is 2.02. The molecule has 0 spiro atoms. The number of carbonyl (C=O) groups excluding carboxylic acids is 1. The lowest BCUT2D eigenvalue weighted by atomic mass is 10.1. The van der Waals surface area contributed by atoms with Crippen LogP contribution >= 0.6 is 0 Å². The highest BCUT2D eigenvalue weighted by molar-refractivity contribution is 5.73. The molecule has 4 heteroatoms. The van der Waals surface area contributed by atoms with Gasteiger partial charge in [0.15, 0.2) is 0 Å². The van der Waals surface area contributed by atoms with Crippen molar-refractivity contribution in [1.29, 1.82) is 0 Å². The van der Waals surface area contributed by atoms with Crippen molar-refractivity contribution in [3.05, 3.63) is 0 Å². The van der Waals surface area contributed by atoms with Crippen LogP contribution in [0.25, 0.3) is 0 Å². The lowest BCUT2D eigenvalue weighted by Crippen LogP contribution is -2.37. The summed E-state index contributed by atoms with van der Waals surface area (Å²) in [5.41, 5.74) is 0. The van der Waals surface area contributed by atoms with Crippen molar-refractivity contribution in [3.8, 4) is 0 Å². The van der Waals surface area contributed by atoms with E-state index >= 15 is 0 Å². The molecule has 0 aliphatic carbocycles. The summed E-state index contributed by atoms with van der Waals surface area (Å²) >= 11 is 0. The van der Waals surface area contributed by atoms with E-state index in [0.29, 0.717) is 25.4 Å². The minimum atomic E-state index is -0.356. The fourth-order valence-electron chi connectivity index (χ4n) is 0.931. The first-order chi connectivity index (χ1) is 6.52. The topological polar surface area (TPSA) is 61.4 Å². The smallest absolute Gasteiger partial charge is 0.314 e. The third kappa shape index (κ3) is 9.32. The number of hydrogen-bond donors (Lipinski definition) is 3. The van der Waals surface area contributed by atoms with Gasteiger partial charge in [0.25, 0.3) is 0 Å². The zero-order valence-electron chi connectivity index (χ0n) is 9.34. The van der Waals surface area contributed by atoms with Crippen LogP contribution in [0.1, 0.15) is 33.6 Å². The molecule has 0 aromatic rings. The molecule has 2 amide bonds. The Kier molecular flexibility index (Phi) is 7.20. The molecule has 0 rings (SSSR count). The lowest BCUT2D eigenvalue weighted by Gasteiger charge is -2.09. The number of rotatable bonds is 6. The van der Waals surface area contributed by atoms with Gasteiger partial charge in [0.05, 0.1) is 6.10 Å². The zero-order chi connectivity index (χ0) is 11.0. The molecule has 1 unspecified atom stereocenters. The minimum Gasteiger partial charge on any atom is -0.393 e. The van der Waals surface area contributed by atoms with Gasteiger partial charge in [0, 0.05) is 13.1 Å². The molecule has 0 aromatic carbocycles. The van der Waals surface area contributed by atoms with Crippen LogP contribution in [-0.2, 0) is 0 Å². The molecule has 84 valence electrons. The van der Waals surface area contributed by atoms with Crippen LogP contribution in [0.3, 0.4) is 0 Å². The summed E-state index contributed by atoms with van der Waals surface area (Å²) < 4.78 is 0. The summed E-state index contributed by atoms with van der Waals surface area (Å²) in [7, 11) is 0. The monoisotopic (exact) mass is 202 g/mol. The number of carbonyl (C=O) groups is 1. The van der Waals surface area contributed by atoms with E-state index in [2.05, 4.69) is 24.5 Å². The Morgan fingerprint density at radius 1 is 1.14 bits per heavy atom. The van der Waals surface area contributed by atoms with E-state index in [1.165, 1.54) is 0 Å². The van der Waals surface area contributed by atoms with Crippen molar-refractivity contribution < 1.29 is 9.90 Å². The normalized spacial score (nSPS) is 12.6. The van der Waals surface area contributed by atoms with E-state index in [1.807, 2.05) is 0 Å². The first-order valence-corrected chi connectivity index (χ1v) is 5.22. The van der Waals surface area contributed by atoms with Crippen molar-refractivity contribution in [3.63, 3.8) is 0 Å². The van der Waals surface area contributed by atoms with Crippen LogP contribution in [0.4, 0.5) is 4.79 Å². The molecule has 0 aliphatic rings. The SMILES string of the molecule is CC(C)CCNC(=O)NCCC(C)O. The van der Waals surface area contributed by atoms with Gasteiger partial charge in [-0.25, -0.2) is 4.79 Å². The maximum Gasteiger partial charge on any atom is 0.314 e. The number of nitrogens with one attached hydrogen (secondary N) is 2. The quantitative estimate of drug-likeness (QED) is 0.604. The number of aliphatic hydroxyl groups excluding tert-OH is 1. The van der Waals surface area contributed by atoms with Crippen molar-refractivity contribution in [1.82, 2.24) is 10.6 Å². The molecule has 0 fully saturated rings. The summed E-state index contributed by atoms with van der Waals surface area (Å²) in [4.78, 5) is 11.1. The molecule has 1 atom stereocenters. The van der Waals surface area contributed by atoms with Crippen molar-refractivity contribution in [2.75, 3.05) is 13.1 Å². The van der Waals surface area contributed by atoms with Gasteiger partial charge in [0.1, 0.15) is 0 Å². The third-order valence-electron chi connectivity index (χ3n) is 1.85. The average molecular weight is 202 g/mol. The number of hydrogen-bond acceptors (Lipinski definition) is 2. The Labute approximate surface area is 86.1 Å². The first kappa shape index (κ1) is 13.2. The van der Waals surface area contributed by atoms with Crippen LogP contribution in [-0.4, -0.2) is 30.3 Å². The highest BCUT2D eigenvalue weighted by Gasteiger charge is 2.01. The van der Waals surface area contributed by atoms with Crippen LogP contribution in [0.5, 0.6) is 0 Å². The van der Waals surface area contributed by atoms with Gasteiger partial charge in [0.2, 0.25) is 0 Å². The lowest BCUT2D eigenvalue weighted by molar-refractivity contribution is 0.183. The summed E-state index contributed by atoms with van der Waals surface area (Å²) in [5.74, 6) is 0.604. The zero-order valence-corrected chi connectivity index (χ0v) is 9.34. The van der Waals surface area contributed by atoms with Gasteiger partial charge in [-0.2, -0.15) is 0 Å². The van der Waals surface area contributed by atoms with Crippen LogP contribution in [0.15, 0.2) is 0 Å². The molecule has 0 bridgehead atoms. The molecule has 14 heavy (non-hydrogen) atoms. The summed E-state index contributed by atoms with van der Waals surface area (Å²) in [5, 5.41) is 14.4. The molecule has 3 N–H and O–H groups in total. The van der Waals surface area contributed by atoms with Crippen LogP contribution < -0.4 is 10.6 Å². The van der Waals surface area contributed by atoms with Gasteiger partial charge >= 0.3 is 6.03 Å². The fourth-order valence-corrected chi connectivity index (χ4v) is 0.931. The molecule has 0 aliphatic heterocycles. The number of urea groups is 1. The van der Waals surface area contributed by atoms with Gasteiger partial charge < -0.3 is 15.7 Å². The van der Waals surface area contributed by atoms with Crippen molar-refractivity contribution in [2.24, 2.45) is 5.92 Å². The molecule has 0 saturated heterocycles.